The zero-order chi connectivity index (χ0) is 27.0. The van der Waals surface area contributed by atoms with Gasteiger partial charge < -0.3 is 20.3 Å². The number of benzene rings is 1. The van der Waals surface area contributed by atoms with E-state index in [1.54, 1.807) is 11.8 Å². The third kappa shape index (κ3) is 9.36. The van der Waals surface area contributed by atoms with E-state index in [-0.39, 0.29) is 11.9 Å². The smallest absolute Gasteiger partial charge is 0.411 e. The first kappa shape index (κ1) is 29.6. The summed E-state index contributed by atoms with van der Waals surface area (Å²) in [6.07, 6.45) is 7.81. The van der Waals surface area contributed by atoms with E-state index in [0.717, 1.165) is 24.1 Å². The molecule has 206 valence electrons. The Morgan fingerprint density at radius 2 is 1.84 bits per heavy atom. The van der Waals surface area contributed by atoms with Crippen LogP contribution in [0, 0.1) is 5.92 Å². The fourth-order valence-electron chi connectivity index (χ4n) is 4.80. The first-order valence-corrected chi connectivity index (χ1v) is 15.0. The maximum atomic E-state index is 13.4. The number of thioether (sulfide) groups is 1. The SMILES string of the molecule is CN(C)c1ccc(CNC(=S)[C@@H](CCC2CCCCC2)NC(=O)[C@@H]2CSCN2C(=O)OC(C)(C)C)cc1. The average Bonchev–Trinajstić information content (AvgIpc) is 3.35. The van der Waals surface area contributed by atoms with Crippen LogP contribution in [0.2, 0.25) is 0 Å². The van der Waals surface area contributed by atoms with Crippen molar-refractivity contribution < 1.29 is 14.3 Å². The molecule has 0 spiro atoms. The van der Waals surface area contributed by atoms with Crippen LogP contribution < -0.4 is 15.5 Å². The largest absolute Gasteiger partial charge is 0.444 e. The van der Waals surface area contributed by atoms with Crippen LogP contribution in [0.1, 0.15) is 71.3 Å². The molecule has 2 aliphatic rings. The molecule has 2 N–H and O–H groups in total. The molecule has 1 aliphatic carbocycles. The maximum absolute atomic E-state index is 13.4. The van der Waals surface area contributed by atoms with E-state index in [4.69, 9.17) is 17.0 Å². The molecule has 1 aromatic carbocycles. The van der Waals surface area contributed by atoms with Crippen molar-refractivity contribution in [3.8, 4) is 0 Å². The summed E-state index contributed by atoms with van der Waals surface area (Å²) >= 11 is 7.38. The van der Waals surface area contributed by atoms with Crippen molar-refractivity contribution >= 4 is 46.7 Å². The highest BCUT2D eigenvalue weighted by molar-refractivity contribution is 7.99. The number of hydrogen-bond donors (Lipinski definition) is 2. The number of amides is 2. The third-order valence-corrected chi connectivity index (χ3v) is 8.39. The van der Waals surface area contributed by atoms with Gasteiger partial charge in [-0.25, -0.2) is 4.79 Å². The van der Waals surface area contributed by atoms with Crippen LogP contribution in [-0.2, 0) is 16.1 Å². The summed E-state index contributed by atoms with van der Waals surface area (Å²) < 4.78 is 5.54. The highest BCUT2D eigenvalue weighted by Gasteiger charge is 2.38. The quantitative estimate of drug-likeness (QED) is 0.404. The van der Waals surface area contributed by atoms with Crippen LogP contribution in [0.3, 0.4) is 0 Å². The molecule has 7 nitrogen and oxygen atoms in total. The van der Waals surface area contributed by atoms with Gasteiger partial charge in [0.1, 0.15) is 11.6 Å². The minimum absolute atomic E-state index is 0.163. The molecule has 2 amide bonds. The number of carbonyl (C=O) groups is 2. The average molecular weight is 549 g/mol. The van der Waals surface area contributed by atoms with Crippen LogP contribution in [-0.4, -0.2) is 65.3 Å². The van der Waals surface area contributed by atoms with Gasteiger partial charge in [0.15, 0.2) is 0 Å². The van der Waals surface area contributed by atoms with Crippen LogP contribution in [0.15, 0.2) is 24.3 Å². The summed E-state index contributed by atoms with van der Waals surface area (Å²) in [4.78, 5) is 30.4. The minimum atomic E-state index is -0.607. The lowest BCUT2D eigenvalue weighted by Gasteiger charge is -2.30. The summed E-state index contributed by atoms with van der Waals surface area (Å²) in [5.74, 6) is 1.53. The monoisotopic (exact) mass is 548 g/mol. The number of ether oxygens (including phenoxy) is 1. The van der Waals surface area contributed by atoms with E-state index in [1.807, 2.05) is 34.9 Å². The Kier molecular flexibility index (Phi) is 10.9. The molecule has 9 heteroatoms. The molecule has 1 aromatic rings. The molecule has 3 rings (SSSR count). The Labute approximate surface area is 232 Å². The number of nitrogens with zero attached hydrogens (tertiary/aromatic N) is 2. The summed E-state index contributed by atoms with van der Waals surface area (Å²) in [5, 5.41) is 6.58. The van der Waals surface area contributed by atoms with Crippen LogP contribution in [0.25, 0.3) is 0 Å². The Morgan fingerprint density at radius 1 is 1.16 bits per heavy atom. The lowest BCUT2D eigenvalue weighted by Crippen LogP contribution is -2.54. The normalized spacial score (nSPS) is 19.3. The van der Waals surface area contributed by atoms with Gasteiger partial charge in [-0.15, -0.1) is 11.8 Å². The van der Waals surface area contributed by atoms with Gasteiger partial charge in [0.05, 0.1) is 16.9 Å². The predicted molar refractivity (Wildman–Crippen MR) is 157 cm³/mol. The highest BCUT2D eigenvalue weighted by Crippen LogP contribution is 2.28. The Morgan fingerprint density at radius 3 is 2.46 bits per heavy atom. The molecule has 1 saturated carbocycles. The number of thiocarbonyl (C=S) groups is 1. The van der Waals surface area contributed by atoms with Gasteiger partial charge in [-0.05, 0) is 57.2 Å². The van der Waals surface area contributed by atoms with Gasteiger partial charge in [0, 0.05) is 32.1 Å². The number of nitrogens with one attached hydrogen (secondary N) is 2. The highest BCUT2D eigenvalue weighted by atomic mass is 32.2. The lowest BCUT2D eigenvalue weighted by atomic mass is 9.85. The summed E-state index contributed by atoms with van der Waals surface area (Å²) in [6.45, 7) is 6.11. The Hall–Kier alpha value is -2.00. The predicted octanol–water partition coefficient (Wildman–Crippen LogP) is 5.32. The van der Waals surface area contributed by atoms with Gasteiger partial charge >= 0.3 is 6.09 Å². The molecule has 37 heavy (non-hydrogen) atoms. The van der Waals surface area contributed by atoms with E-state index >= 15 is 0 Å². The van der Waals surface area contributed by atoms with Crippen LogP contribution >= 0.6 is 24.0 Å². The number of anilines is 1. The lowest BCUT2D eigenvalue weighted by molar-refractivity contribution is -0.125. The fraction of sp³-hybridized carbons (Fsp3) is 0.679. The Bertz CT molecular complexity index is 911. The zero-order valence-electron chi connectivity index (χ0n) is 23.0. The molecular weight excluding hydrogens is 504 g/mol. The molecule has 1 saturated heterocycles. The number of hydrogen-bond acceptors (Lipinski definition) is 6. The molecule has 2 atom stereocenters. The van der Waals surface area contributed by atoms with Gasteiger partial charge in [0.2, 0.25) is 5.91 Å². The van der Waals surface area contributed by atoms with Gasteiger partial charge in [-0.3, -0.25) is 9.69 Å². The molecule has 2 fully saturated rings. The molecule has 1 aliphatic heterocycles. The first-order chi connectivity index (χ1) is 17.5. The molecule has 0 bridgehead atoms. The van der Waals surface area contributed by atoms with Crippen LogP contribution in [0.4, 0.5) is 10.5 Å². The van der Waals surface area contributed by atoms with Gasteiger partial charge in [-0.2, -0.15) is 0 Å². The van der Waals surface area contributed by atoms with Crippen molar-refractivity contribution in [2.75, 3.05) is 30.6 Å². The second-order valence-corrected chi connectivity index (χ2v) is 12.8. The van der Waals surface area contributed by atoms with E-state index in [0.29, 0.717) is 29.1 Å². The molecule has 0 radical (unpaired) electrons. The third-order valence-electron chi connectivity index (χ3n) is 6.95. The molecule has 0 unspecified atom stereocenters. The summed E-state index contributed by atoms with van der Waals surface area (Å²) in [5.41, 5.74) is 1.67. The van der Waals surface area contributed by atoms with Crippen molar-refractivity contribution in [3.63, 3.8) is 0 Å². The molecule has 0 aromatic heterocycles. The van der Waals surface area contributed by atoms with Crippen LogP contribution in [0.5, 0.6) is 0 Å². The van der Waals surface area contributed by atoms with E-state index in [2.05, 4.69) is 39.8 Å². The van der Waals surface area contributed by atoms with Crippen molar-refractivity contribution in [1.82, 2.24) is 15.5 Å². The van der Waals surface area contributed by atoms with Crippen molar-refractivity contribution in [3.05, 3.63) is 29.8 Å². The second kappa shape index (κ2) is 13.7. The number of rotatable bonds is 9. The zero-order valence-corrected chi connectivity index (χ0v) is 24.7. The standard InChI is InChI=1S/C28H44N4O3S2/c1-28(2,3)35-27(34)32-19-37-18-24(32)25(33)30-23(16-13-20-9-7-6-8-10-20)26(36)29-17-21-11-14-22(15-12-21)31(4)5/h11-12,14-15,20,23-24H,6-10,13,16-19H2,1-5H3,(H,29,36)(H,30,33)/t23-,24+/m1/s1. The maximum Gasteiger partial charge on any atom is 0.411 e. The minimum Gasteiger partial charge on any atom is -0.444 e. The fourth-order valence-corrected chi connectivity index (χ4v) is 6.19. The Balaban J connectivity index is 1.63. The number of carbonyl (C=O) groups excluding carboxylic acids is 2. The van der Waals surface area contributed by atoms with Crippen molar-refractivity contribution in [1.29, 1.82) is 0 Å². The topological polar surface area (TPSA) is 73.9 Å². The summed E-state index contributed by atoms with van der Waals surface area (Å²) in [7, 11) is 4.05. The van der Waals surface area contributed by atoms with E-state index in [1.165, 1.54) is 37.0 Å². The van der Waals surface area contributed by atoms with Crippen molar-refractivity contribution in [2.24, 2.45) is 5.92 Å². The second-order valence-electron chi connectivity index (χ2n) is 11.4. The van der Waals surface area contributed by atoms with E-state index < -0.39 is 17.7 Å². The van der Waals surface area contributed by atoms with Gasteiger partial charge in [-0.1, -0.05) is 56.5 Å². The van der Waals surface area contributed by atoms with E-state index in [9.17, 15) is 9.59 Å². The summed E-state index contributed by atoms with van der Waals surface area (Å²) in [6, 6.07) is 7.54. The van der Waals surface area contributed by atoms with Crippen molar-refractivity contribution in [2.45, 2.75) is 89.9 Å². The molecular formula is C28H44N4O3S2. The first-order valence-electron chi connectivity index (χ1n) is 13.4. The molecule has 1 heterocycles. The van der Waals surface area contributed by atoms with Gasteiger partial charge in [0.25, 0.3) is 0 Å².